The number of rotatable bonds is 7. The summed E-state index contributed by atoms with van der Waals surface area (Å²) in [5, 5.41) is 6.75. The third-order valence-corrected chi connectivity index (χ3v) is 3.54. The molecular formula is C15H21ClN2O2. The Morgan fingerprint density at radius 1 is 1.45 bits per heavy atom. The molecule has 1 amide bonds. The Morgan fingerprint density at radius 3 is 3.10 bits per heavy atom. The average Bonchev–Trinajstić information content (AvgIpc) is 2.92. The standard InChI is InChI=1S/C15H21ClN2O2/c16-13-4-1-3-12(9-13)6-7-18-15(19)11-17-10-14-5-2-8-20-14/h1,3-4,9,14,17H,2,5-8,10-11H2,(H,18,19). The first-order valence-corrected chi connectivity index (χ1v) is 7.45. The maximum Gasteiger partial charge on any atom is 0.233 e. The maximum absolute atomic E-state index is 11.6. The highest BCUT2D eigenvalue weighted by atomic mass is 35.5. The van der Waals surface area contributed by atoms with Crippen molar-refractivity contribution in [3.8, 4) is 0 Å². The second-order valence-electron chi connectivity index (χ2n) is 5.00. The van der Waals surface area contributed by atoms with Gasteiger partial charge in [0.25, 0.3) is 0 Å². The van der Waals surface area contributed by atoms with E-state index in [-0.39, 0.29) is 12.0 Å². The summed E-state index contributed by atoms with van der Waals surface area (Å²) in [5.41, 5.74) is 1.13. The van der Waals surface area contributed by atoms with Crippen LogP contribution in [0.25, 0.3) is 0 Å². The number of hydrogen-bond acceptors (Lipinski definition) is 3. The second-order valence-corrected chi connectivity index (χ2v) is 5.43. The molecule has 2 rings (SSSR count). The van der Waals surface area contributed by atoms with E-state index < -0.39 is 0 Å². The lowest BCUT2D eigenvalue weighted by Gasteiger charge is -2.10. The minimum Gasteiger partial charge on any atom is -0.377 e. The Hall–Kier alpha value is -1.10. The van der Waals surface area contributed by atoms with E-state index in [9.17, 15) is 4.79 Å². The van der Waals surface area contributed by atoms with Crippen LogP contribution in [0, 0.1) is 0 Å². The largest absolute Gasteiger partial charge is 0.377 e. The molecule has 20 heavy (non-hydrogen) atoms. The topological polar surface area (TPSA) is 50.4 Å². The normalized spacial score (nSPS) is 18.1. The molecular weight excluding hydrogens is 276 g/mol. The molecule has 0 radical (unpaired) electrons. The van der Waals surface area contributed by atoms with Gasteiger partial charge in [-0.25, -0.2) is 0 Å². The summed E-state index contributed by atoms with van der Waals surface area (Å²) in [4.78, 5) is 11.6. The molecule has 0 aliphatic carbocycles. The van der Waals surface area contributed by atoms with Crippen molar-refractivity contribution in [3.63, 3.8) is 0 Å². The van der Waals surface area contributed by atoms with Crippen molar-refractivity contribution >= 4 is 17.5 Å². The van der Waals surface area contributed by atoms with Crippen molar-refractivity contribution in [1.82, 2.24) is 10.6 Å². The molecule has 0 bridgehead atoms. The summed E-state index contributed by atoms with van der Waals surface area (Å²) in [6.07, 6.45) is 3.27. The van der Waals surface area contributed by atoms with Crippen molar-refractivity contribution in [3.05, 3.63) is 34.9 Å². The molecule has 1 fully saturated rings. The smallest absolute Gasteiger partial charge is 0.233 e. The number of benzene rings is 1. The third kappa shape index (κ3) is 5.49. The van der Waals surface area contributed by atoms with Gasteiger partial charge in [0.05, 0.1) is 12.6 Å². The van der Waals surface area contributed by atoms with Crippen LogP contribution < -0.4 is 10.6 Å². The van der Waals surface area contributed by atoms with Gasteiger partial charge in [-0.1, -0.05) is 23.7 Å². The van der Waals surface area contributed by atoms with E-state index in [1.165, 1.54) is 0 Å². The lowest BCUT2D eigenvalue weighted by Crippen LogP contribution is -2.37. The van der Waals surface area contributed by atoms with Gasteiger partial charge in [0, 0.05) is 24.7 Å². The van der Waals surface area contributed by atoms with Gasteiger partial charge in [0.1, 0.15) is 0 Å². The lowest BCUT2D eigenvalue weighted by molar-refractivity contribution is -0.120. The van der Waals surface area contributed by atoms with E-state index in [1.54, 1.807) is 0 Å². The molecule has 5 heteroatoms. The highest BCUT2D eigenvalue weighted by Crippen LogP contribution is 2.11. The molecule has 1 unspecified atom stereocenters. The number of ether oxygens (including phenoxy) is 1. The Kier molecular flexibility index (Phi) is 6.30. The second kappa shape index (κ2) is 8.25. The van der Waals surface area contributed by atoms with Gasteiger partial charge in [-0.3, -0.25) is 4.79 Å². The van der Waals surface area contributed by atoms with Crippen LogP contribution in [0.15, 0.2) is 24.3 Å². The van der Waals surface area contributed by atoms with E-state index in [0.29, 0.717) is 13.1 Å². The summed E-state index contributed by atoms with van der Waals surface area (Å²) in [6, 6.07) is 7.69. The van der Waals surface area contributed by atoms with Crippen LogP contribution in [0.5, 0.6) is 0 Å². The van der Waals surface area contributed by atoms with Crippen LogP contribution in [-0.4, -0.2) is 38.3 Å². The number of halogens is 1. The van der Waals surface area contributed by atoms with Gasteiger partial charge in [-0.2, -0.15) is 0 Å². The summed E-state index contributed by atoms with van der Waals surface area (Å²) in [7, 11) is 0. The molecule has 1 aromatic carbocycles. The average molecular weight is 297 g/mol. The van der Waals surface area contributed by atoms with E-state index in [4.69, 9.17) is 16.3 Å². The zero-order chi connectivity index (χ0) is 14.2. The fourth-order valence-electron chi connectivity index (χ4n) is 2.25. The summed E-state index contributed by atoms with van der Waals surface area (Å²) in [5.74, 6) is 0.0185. The third-order valence-electron chi connectivity index (χ3n) is 3.31. The molecule has 0 spiro atoms. The predicted octanol–water partition coefficient (Wildman–Crippen LogP) is 1.77. The van der Waals surface area contributed by atoms with Crippen LogP contribution in [0.1, 0.15) is 18.4 Å². The minimum atomic E-state index is 0.0185. The highest BCUT2D eigenvalue weighted by Gasteiger charge is 2.14. The van der Waals surface area contributed by atoms with Crippen LogP contribution >= 0.6 is 11.6 Å². The molecule has 4 nitrogen and oxygen atoms in total. The molecule has 1 saturated heterocycles. The first-order valence-electron chi connectivity index (χ1n) is 7.07. The van der Waals surface area contributed by atoms with Crippen molar-refractivity contribution in [2.75, 3.05) is 26.2 Å². The number of amides is 1. The van der Waals surface area contributed by atoms with Gasteiger partial charge >= 0.3 is 0 Å². The highest BCUT2D eigenvalue weighted by molar-refractivity contribution is 6.30. The van der Waals surface area contributed by atoms with Crippen LogP contribution in [0.2, 0.25) is 5.02 Å². The molecule has 1 aliphatic heterocycles. The van der Waals surface area contributed by atoms with Gasteiger partial charge < -0.3 is 15.4 Å². The van der Waals surface area contributed by atoms with Crippen molar-refractivity contribution < 1.29 is 9.53 Å². The van der Waals surface area contributed by atoms with Crippen LogP contribution in [-0.2, 0) is 16.0 Å². The van der Waals surface area contributed by atoms with Gasteiger partial charge in [0.2, 0.25) is 5.91 Å². The van der Waals surface area contributed by atoms with E-state index in [0.717, 1.165) is 43.0 Å². The predicted molar refractivity (Wildman–Crippen MR) is 80.0 cm³/mol. The van der Waals surface area contributed by atoms with Crippen molar-refractivity contribution in [2.24, 2.45) is 0 Å². The van der Waals surface area contributed by atoms with E-state index in [2.05, 4.69) is 10.6 Å². The Balaban J connectivity index is 1.55. The van der Waals surface area contributed by atoms with Crippen molar-refractivity contribution in [1.29, 1.82) is 0 Å². The Bertz CT molecular complexity index is 434. The minimum absolute atomic E-state index is 0.0185. The van der Waals surface area contributed by atoms with Gasteiger partial charge in [-0.05, 0) is 37.0 Å². The number of hydrogen-bond donors (Lipinski definition) is 2. The number of nitrogens with one attached hydrogen (secondary N) is 2. The monoisotopic (exact) mass is 296 g/mol. The van der Waals surface area contributed by atoms with Gasteiger partial charge in [-0.15, -0.1) is 0 Å². The first-order chi connectivity index (χ1) is 9.74. The van der Waals surface area contributed by atoms with Gasteiger partial charge in [0.15, 0.2) is 0 Å². The zero-order valence-corrected chi connectivity index (χ0v) is 12.3. The number of carbonyl (C=O) groups is 1. The van der Waals surface area contributed by atoms with E-state index in [1.807, 2.05) is 24.3 Å². The van der Waals surface area contributed by atoms with Crippen LogP contribution in [0.4, 0.5) is 0 Å². The Labute approximate surface area is 124 Å². The molecule has 110 valence electrons. The summed E-state index contributed by atoms with van der Waals surface area (Å²) in [6.45, 7) is 2.57. The SMILES string of the molecule is O=C(CNCC1CCCO1)NCCc1cccc(Cl)c1. The molecule has 1 atom stereocenters. The zero-order valence-electron chi connectivity index (χ0n) is 11.5. The van der Waals surface area contributed by atoms with Crippen molar-refractivity contribution in [2.45, 2.75) is 25.4 Å². The Morgan fingerprint density at radius 2 is 2.35 bits per heavy atom. The fourth-order valence-corrected chi connectivity index (χ4v) is 2.47. The molecule has 2 N–H and O–H groups in total. The first kappa shape index (κ1) is 15.3. The molecule has 1 heterocycles. The molecule has 0 saturated carbocycles. The maximum atomic E-state index is 11.6. The van der Waals surface area contributed by atoms with Crippen LogP contribution in [0.3, 0.4) is 0 Å². The molecule has 1 aromatic rings. The quantitative estimate of drug-likeness (QED) is 0.806. The van der Waals surface area contributed by atoms with E-state index >= 15 is 0 Å². The lowest BCUT2D eigenvalue weighted by atomic mass is 10.1. The summed E-state index contributed by atoms with van der Waals surface area (Å²) >= 11 is 5.91. The summed E-state index contributed by atoms with van der Waals surface area (Å²) < 4.78 is 5.48. The number of carbonyl (C=O) groups excluding carboxylic acids is 1. The fraction of sp³-hybridized carbons (Fsp3) is 0.533. The molecule has 1 aliphatic rings. The molecule has 0 aromatic heterocycles.